The number of carboxylic acids is 1. The number of hydrogen-bond donors (Lipinski definition) is 3. The lowest BCUT2D eigenvalue weighted by molar-refractivity contribution is -0.166. The number of carbonyl (C=O) groups excluding carboxylic acids is 2. The van der Waals surface area contributed by atoms with Crippen LogP contribution in [0.1, 0.15) is 91.8 Å². The number of aromatic carboxylic acids is 1. The van der Waals surface area contributed by atoms with E-state index in [4.69, 9.17) is 5.11 Å². The van der Waals surface area contributed by atoms with Crippen LogP contribution >= 0.6 is 12.4 Å². The first-order valence-electron chi connectivity index (χ1n) is 15.7. The molecule has 0 aromatic heterocycles. The fourth-order valence-corrected chi connectivity index (χ4v) is 7.06. The Labute approximate surface area is 261 Å². The molecule has 1 saturated carbocycles. The van der Waals surface area contributed by atoms with Gasteiger partial charge < -0.3 is 20.4 Å². The molecule has 0 unspecified atom stereocenters. The Balaban J connectivity index is 0.00000423. The molecule has 2 atom stereocenters. The molecule has 0 radical (unpaired) electrons. The highest BCUT2D eigenvalue weighted by atomic mass is 35.5. The molecule has 3 fully saturated rings. The molecule has 2 heterocycles. The standard InChI is InChI=1S/C34H45N3O5.ClH/c1-2-3-19-37-31(39)29(30(38)27-7-5-4-6-8-27)35-33(42)34(37)17-20-36(21-18-34)23-26-11-9-24(10-12-26)22-25-13-15-28(16-14-25)32(40)41;/h9-16,27,29-30,38H,2-8,17-23H2,1H3,(H,35,42)(H,40,41);1H/t29-,30-;/m1./s1. The molecule has 8 nitrogen and oxygen atoms in total. The molecule has 43 heavy (non-hydrogen) atoms. The Hall–Kier alpha value is -2.94. The minimum Gasteiger partial charge on any atom is -0.478 e. The average molecular weight is 612 g/mol. The van der Waals surface area contributed by atoms with Crippen LogP contribution in [0.3, 0.4) is 0 Å². The number of benzene rings is 2. The molecule has 9 heteroatoms. The van der Waals surface area contributed by atoms with Crippen molar-refractivity contribution in [2.45, 2.75) is 95.4 Å². The fourth-order valence-electron chi connectivity index (χ4n) is 7.06. The minimum absolute atomic E-state index is 0. The van der Waals surface area contributed by atoms with Gasteiger partial charge in [-0.25, -0.2) is 4.79 Å². The van der Waals surface area contributed by atoms with Crippen molar-refractivity contribution in [3.05, 3.63) is 70.8 Å². The van der Waals surface area contributed by atoms with Crippen molar-refractivity contribution < 1.29 is 24.6 Å². The summed E-state index contributed by atoms with van der Waals surface area (Å²) >= 11 is 0. The van der Waals surface area contributed by atoms with Gasteiger partial charge in [0.15, 0.2) is 0 Å². The van der Waals surface area contributed by atoms with Crippen molar-refractivity contribution in [2.75, 3.05) is 19.6 Å². The summed E-state index contributed by atoms with van der Waals surface area (Å²) < 4.78 is 0. The van der Waals surface area contributed by atoms with Gasteiger partial charge in [-0.2, -0.15) is 0 Å². The summed E-state index contributed by atoms with van der Waals surface area (Å²) in [6.07, 6.45) is 8.01. The second-order valence-corrected chi connectivity index (χ2v) is 12.5. The van der Waals surface area contributed by atoms with E-state index in [0.717, 1.165) is 75.7 Å². The van der Waals surface area contributed by atoms with Gasteiger partial charge in [0.25, 0.3) is 0 Å². The fraction of sp³-hybridized carbons (Fsp3) is 0.559. The van der Waals surface area contributed by atoms with E-state index in [2.05, 4.69) is 41.4 Å². The van der Waals surface area contributed by atoms with E-state index in [-0.39, 0.29) is 35.7 Å². The van der Waals surface area contributed by atoms with Crippen LogP contribution in [0.4, 0.5) is 0 Å². The number of halogens is 1. The highest BCUT2D eigenvalue weighted by molar-refractivity contribution is 6.00. The van der Waals surface area contributed by atoms with Crippen LogP contribution in [0, 0.1) is 5.92 Å². The number of unbranched alkanes of at least 4 members (excludes halogenated alkanes) is 1. The Kier molecular flexibility index (Phi) is 11.3. The van der Waals surface area contributed by atoms with E-state index in [1.54, 1.807) is 12.1 Å². The number of nitrogens with one attached hydrogen (secondary N) is 1. The second kappa shape index (κ2) is 14.7. The molecule has 5 rings (SSSR count). The Bertz CT molecular complexity index is 1240. The lowest BCUT2D eigenvalue weighted by Crippen LogP contribution is -2.75. The number of piperazine rings is 1. The SMILES string of the molecule is CCCCN1C(=O)[C@@H]([C@H](O)C2CCCCC2)NC(=O)C12CCN(Cc1ccc(Cc3ccc(C(=O)O)cc3)cc1)CC2.Cl. The summed E-state index contributed by atoms with van der Waals surface area (Å²) in [5.74, 6) is -1.06. The average Bonchev–Trinajstić information content (AvgIpc) is 3.01. The van der Waals surface area contributed by atoms with Crippen molar-refractivity contribution in [2.24, 2.45) is 5.92 Å². The van der Waals surface area contributed by atoms with E-state index >= 15 is 0 Å². The zero-order valence-electron chi connectivity index (χ0n) is 25.2. The van der Waals surface area contributed by atoms with Crippen LogP contribution < -0.4 is 5.32 Å². The molecule has 234 valence electrons. The molecule has 2 aliphatic heterocycles. The van der Waals surface area contributed by atoms with E-state index in [1.165, 1.54) is 12.0 Å². The quantitative estimate of drug-likeness (QED) is 0.356. The number of rotatable bonds is 10. The lowest BCUT2D eigenvalue weighted by atomic mass is 9.78. The smallest absolute Gasteiger partial charge is 0.335 e. The molecule has 2 amide bonds. The van der Waals surface area contributed by atoms with E-state index in [9.17, 15) is 19.5 Å². The molecule has 2 aromatic carbocycles. The number of piperidine rings is 1. The first-order chi connectivity index (χ1) is 20.3. The number of amides is 2. The van der Waals surface area contributed by atoms with Gasteiger partial charge in [-0.05, 0) is 73.3 Å². The first kappa shape index (κ1) is 33.0. The molecule has 1 spiro atoms. The monoisotopic (exact) mass is 611 g/mol. The number of carbonyl (C=O) groups is 3. The van der Waals surface area contributed by atoms with Gasteiger partial charge in [-0.3, -0.25) is 14.5 Å². The summed E-state index contributed by atoms with van der Waals surface area (Å²) in [4.78, 5) is 42.8. The van der Waals surface area contributed by atoms with Crippen LogP contribution in [0.5, 0.6) is 0 Å². The number of hydrogen-bond acceptors (Lipinski definition) is 5. The molecule has 3 N–H and O–H groups in total. The van der Waals surface area contributed by atoms with Crippen molar-refractivity contribution in [1.82, 2.24) is 15.1 Å². The Morgan fingerprint density at radius 3 is 2.12 bits per heavy atom. The largest absolute Gasteiger partial charge is 0.478 e. The van der Waals surface area contributed by atoms with Gasteiger partial charge in [0.2, 0.25) is 11.8 Å². The van der Waals surface area contributed by atoms with E-state index in [0.29, 0.717) is 19.4 Å². The Morgan fingerprint density at radius 2 is 1.53 bits per heavy atom. The van der Waals surface area contributed by atoms with Gasteiger partial charge in [-0.1, -0.05) is 69.0 Å². The van der Waals surface area contributed by atoms with Gasteiger partial charge in [-0.15, -0.1) is 12.4 Å². The zero-order valence-corrected chi connectivity index (χ0v) is 26.0. The third-order valence-electron chi connectivity index (χ3n) is 9.69. The maximum Gasteiger partial charge on any atom is 0.335 e. The summed E-state index contributed by atoms with van der Waals surface area (Å²) in [5.41, 5.74) is 2.87. The van der Waals surface area contributed by atoms with Crippen molar-refractivity contribution in [3.8, 4) is 0 Å². The zero-order chi connectivity index (χ0) is 29.7. The molecule has 2 saturated heterocycles. The van der Waals surface area contributed by atoms with E-state index < -0.39 is 23.7 Å². The van der Waals surface area contributed by atoms with Crippen LogP contribution in [0.15, 0.2) is 48.5 Å². The number of aliphatic hydroxyl groups excluding tert-OH is 1. The van der Waals surface area contributed by atoms with E-state index in [1.807, 2.05) is 17.0 Å². The van der Waals surface area contributed by atoms with Crippen LogP contribution in [-0.4, -0.2) is 75.1 Å². The van der Waals surface area contributed by atoms with Crippen LogP contribution in [-0.2, 0) is 22.6 Å². The van der Waals surface area contributed by atoms with Gasteiger partial charge >= 0.3 is 5.97 Å². The lowest BCUT2D eigenvalue weighted by Gasteiger charge is -2.52. The topological polar surface area (TPSA) is 110 Å². The van der Waals surface area contributed by atoms with Gasteiger partial charge in [0.1, 0.15) is 11.6 Å². The summed E-state index contributed by atoms with van der Waals surface area (Å²) in [6, 6.07) is 14.6. The summed E-state index contributed by atoms with van der Waals surface area (Å²) in [6.45, 7) is 4.86. The van der Waals surface area contributed by atoms with Crippen LogP contribution in [0.25, 0.3) is 0 Å². The summed E-state index contributed by atoms with van der Waals surface area (Å²) in [5, 5.41) is 23.3. The van der Waals surface area contributed by atoms with Gasteiger partial charge in [0.05, 0.1) is 11.7 Å². The highest BCUT2D eigenvalue weighted by Gasteiger charge is 2.55. The molecule has 3 aliphatic rings. The number of aliphatic hydroxyl groups is 1. The van der Waals surface area contributed by atoms with Crippen molar-refractivity contribution in [3.63, 3.8) is 0 Å². The first-order valence-corrected chi connectivity index (χ1v) is 15.7. The summed E-state index contributed by atoms with van der Waals surface area (Å²) in [7, 11) is 0. The maximum absolute atomic E-state index is 13.8. The number of likely N-dealkylation sites (tertiary alicyclic amines) is 1. The van der Waals surface area contributed by atoms with Crippen molar-refractivity contribution in [1.29, 1.82) is 0 Å². The minimum atomic E-state index is -0.920. The molecular weight excluding hydrogens is 566 g/mol. The third-order valence-corrected chi connectivity index (χ3v) is 9.69. The second-order valence-electron chi connectivity index (χ2n) is 12.5. The predicted molar refractivity (Wildman–Crippen MR) is 168 cm³/mol. The van der Waals surface area contributed by atoms with Crippen LogP contribution in [0.2, 0.25) is 0 Å². The number of nitrogens with zero attached hydrogens (tertiary/aromatic N) is 2. The third kappa shape index (κ3) is 7.41. The molecule has 2 aromatic rings. The van der Waals surface area contributed by atoms with Crippen molar-refractivity contribution >= 4 is 30.2 Å². The highest BCUT2D eigenvalue weighted by Crippen LogP contribution is 2.36. The Morgan fingerprint density at radius 1 is 0.953 bits per heavy atom. The number of carboxylic acid groups (broad SMARTS) is 1. The molecular formula is C34H46ClN3O5. The predicted octanol–water partition coefficient (Wildman–Crippen LogP) is 4.80. The molecule has 0 bridgehead atoms. The normalized spacial score (nSPS) is 21.7. The molecule has 1 aliphatic carbocycles. The van der Waals surface area contributed by atoms with Gasteiger partial charge in [0, 0.05) is 26.2 Å². The maximum atomic E-state index is 13.8.